The van der Waals surface area contributed by atoms with Gasteiger partial charge in [-0.25, -0.2) is 8.42 Å². The predicted octanol–water partition coefficient (Wildman–Crippen LogP) is 2.78. The predicted molar refractivity (Wildman–Crippen MR) is 90.6 cm³/mol. The lowest BCUT2D eigenvalue weighted by Gasteiger charge is -2.34. The van der Waals surface area contributed by atoms with Crippen LogP contribution in [0.3, 0.4) is 0 Å². The molecule has 0 saturated heterocycles. The van der Waals surface area contributed by atoms with Crippen molar-refractivity contribution in [1.82, 2.24) is 5.32 Å². The molecule has 0 bridgehead atoms. The molecule has 2 atom stereocenters. The van der Waals surface area contributed by atoms with Gasteiger partial charge in [-0.05, 0) is 30.5 Å². The SMILES string of the molecule is CC(NCC(C)(C)C(O)C(C)C)c1ccc(S(C)(=O)=O)cc1. The zero-order valence-corrected chi connectivity index (χ0v) is 15.2. The molecule has 0 saturated carbocycles. The molecule has 4 nitrogen and oxygen atoms in total. The maximum Gasteiger partial charge on any atom is 0.175 e. The molecule has 0 aliphatic rings. The third-order valence-electron chi connectivity index (χ3n) is 4.10. The summed E-state index contributed by atoms with van der Waals surface area (Å²) in [7, 11) is -3.16. The summed E-state index contributed by atoms with van der Waals surface area (Å²) in [6, 6.07) is 7.03. The van der Waals surface area contributed by atoms with Gasteiger partial charge in [-0.1, -0.05) is 39.8 Å². The lowest BCUT2D eigenvalue weighted by atomic mass is 9.80. The summed E-state index contributed by atoms with van der Waals surface area (Å²) in [5, 5.41) is 13.7. The molecule has 22 heavy (non-hydrogen) atoms. The number of sulfone groups is 1. The third kappa shape index (κ3) is 5.07. The van der Waals surface area contributed by atoms with Crippen molar-refractivity contribution in [1.29, 1.82) is 0 Å². The van der Waals surface area contributed by atoms with E-state index < -0.39 is 9.84 Å². The van der Waals surface area contributed by atoms with E-state index in [0.717, 1.165) is 5.56 Å². The first-order valence-electron chi connectivity index (χ1n) is 7.66. The number of aliphatic hydroxyl groups is 1. The van der Waals surface area contributed by atoms with Gasteiger partial charge in [0.15, 0.2) is 9.84 Å². The van der Waals surface area contributed by atoms with Crippen LogP contribution in [0.2, 0.25) is 0 Å². The zero-order valence-electron chi connectivity index (χ0n) is 14.4. The Morgan fingerprint density at radius 2 is 1.64 bits per heavy atom. The number of rotatable bonds is 7. The quantitative estimate of drug-likeness (QED) is 0.808. The summed E-state index contributed by atoms with van der Waals surface area (Å²) in [5.74, 6) is 0.209. The van der Waals surface area contributed by atoms with Crippen molar-refractivity contribution in [2.75, 3.05) is 12.8 Å². The van der Waals surface area contributed by atoms with E-state index in [9.17, 15) is 13.5 Å². The molecule has 1 aromatic carbocycles. The zero-order chi connectivity index (χ0) is 17.1. The Bertz CT molecular complexity index is 576. The molecule has 126 valence electrons. The molecule has 1 aromatic rings. The summed E-state index contributed by atoms with van der Waals surface area (Å²) in [5.41, 5.74) is 0.803. The summed E-state index contributed by atoms with van der Waals surface area (Å²) in [6.07, 6.45) is 0.833. The van der Waals surface area contributed by atoms with Gasteiger partial charge in [-0.15, -0.1) is 0 Å². The monoisotopic (exact) mass is 327 g/mol. The second-order valence-corrected chi connectivity index (χ2v) is 9.14. The van der Waals surface area contributed by atoms with E-state index in [1.807, 2.05) is 46.8 Å². The molecule has 2 N–H and O–H groups in total. The third-order valence-corrected chi connectivity index (χ3v) is 5.23. The average Bonchev–Trinajstić information content (AvgIpc) is 2.43. The van der Waals surface area contributed by atoms with Crippen LogP contribution in [0.4, 0.5) is 0 Å². The molecule has 0 amide bonds. The van der Waals surface area contributed by atoms with E-state index in [1.165, 1.54) is 6.26 Å². The highest BCUT2D eigenvalue weighted by Gasteiger charge is 2.30. The molecule has 0 radical (unpaired) electrons. The Hall–Kier alpha value is -0.910. The minimum absolute atomic E-state index is 0.0900. The number of aliphatic hydroxyl groups excluding tert-OH is 1. The highest BCUT2D eigenvalue weighted by Crippen LogP contribution is 2.26. The number of benzene rings is 1. The van der Waals surface area contributed by atoms with Crippen molar-refractivity contribution in [3.63, 3.8) is 0 Å². The number of hydrogen-bond donors (Lipinski definition) is 2. The fraction of sp³-hybridized carbons (Fsp3) is 0.647. The molecule has 0 heterocycles. The van der Waals surface area contributed by atoms with Gasteiger partial charge in [-0.2, -0.15) is 0 Å². The lowest BCUT2D eigenvalue weighted by Crippen LogP contribution is -2.42. The van der Waals surface area contributed by atoms with Crippen LogP contribution >= 0.6 is 0 Å². The minimum Gasteiger partial charge on any atom is -0.392 e. The van der Waals surface area contributed by atoms with Gasteiger partial charge in [-0.3, -0.25) is 0 Å². The standard InChI is InChI=1S/C17H29NO3S/c1-12(2)16(19)17(4,5)11-18-13(3)14-7-9-15(10-8-14)22(6,20)21/h7-10,12-13,16,18-19H,11H2,1-6H3. The fourth-order valence-corrected chi connectivity index (χ4v) is 3.18. The molecule has 0 aliphatic heterocycles. The Balaban J connectivity index is 2.72. The van der Waals surface area contributed by atoms with Crippen LogP contribution in [0.15, 0.2) is 29.2 Å². The van der Waals surface area contributed by atoms with E-state index in [2.05, 4.69) is 5.32 Å². The normalized spacial score (nSPS) is 15.8. The summed E-state index contributed by atoms with van der Waals surface area (Å²) in [6.45, 7) is 10.8. The number of hydrogen-bond acceptors (Lipinski definition) is 4. The molecular formula is C17H29NO3S. The van der Waals surface area contributed by atoms with Crippen molar-refractivity contribution < 1.29 is 13.5 Å². The van der Waals surface area contributed by atoms with Crippen LogP contribution in [0, 0.1) is 11.3 Å². The van der Waals surface area contributed by atoms with Gasteiger partial charge >= 0.3 is 0 Å². The van der Waals surface area contributed by atoms with Crippen LogP contribution < -0.4 is 5.32 Å². The Labute approximate surface area is 134 Å². The summed E-state index contributed by atoms with van der Waals surface area (Å²) < 4.78 is 22.9. The molecule has 5 heteroatoms. The Morgan fingerprint density at radius 1 is 1.14 bits per heavy atom. The topological polar surface area (TPSA) is 66.4 Å². The Kier molecular flexibility index (Phi) is 6.18. The van der Waals surface area contributed by atoms with E-state index in [1.54, 1.807) is 12.1 Å². The first kappa shape index (κ1) is 19.1. The number of nitrogens with one attached hydrogen (secondary N) is 1. The second kappa shape index (κ2) is 7.11. The van der Waals surface area contributed by atoms with E-state index in [4.69, 9.17) is 0 Å². The molecule has 0 spiro atoms. The van der Waals surface area contributed by atoms with Crippen LogP contribution in [0.1, 0.15) is 46.2 Å². The average molecular weight is 327 g/mol. The van der Waals surface area contributed by atoms with Gasteiger partial charge in [0.05, 0.1) is 11.0 Å². The molecule has 1 rings (SSSR count). The maximum atomic E-state index is 11.5. The van der Waals surface area contributed by atoms with Crippen molar-refractivity contribution in [2.45, 2.75) is 51.7 Å². The van der Waals surface area contributed by atoms with Gasteiger partial charge in [0, 0.05) is 24.3 Å². The molecule has 0 fully saturated rings. The molecular weight excluding hydrogens is 298 g/mol. The highest BCUT2D eigenvalue weighted by molar-refractivity contribution is 7.90. The van der Waals surface area contributed by atoms with Crippen LogP contribution in [-0.4, -0.2) is 32.4 Å². The van der Waals surface area contributed by atoms with Crippen LogP contribution in [0.25, 0.3) is 0 Å². The van der Waals surface area contributed by atoms with E-state index >= 15 is 0 Å². The molecule has 2 unspecified atom stereocenters. The van der Waals surface area contributed by atoms with Gasteiger partial charge < -0.3 is 10.4 Å². The Morgan fingerprint density at radius 3 is 2.05 bits per heavy atom. The van der Waals surface area contributed by atoms with Crippen molar-refractivity contribution >= 4 is 9.84 Å². The van der Waals surface area contributed by atoms with E-state index in [-0.39, 0.29) is 23.5 Å². The van der Waals surface area contributed by atoms with Crippen molar-refractivity contribution in [2.24, 2.45) is 11.3 Å². The molecule has 0 aliphatic carbocycles. The van der Waals surface area contributed by atoms with Crippen molar-refractivity contribution in [3.8, 4) is 0 Å². The van der Waals surface area contributed by atoms with Gasteiger partial charge in [0.25, 0.3) is 0 Å². The lowest BCUT2D eigenvalue weighted by molar-refractivity contribution is 0.0124. The smallest absolute Gasteiger partial charge is 0.175 e. The summed E-state index contributed by atoms with van der Waals surface area (Å²) in [4.78, 5) is 0.332. The van der Waals surface area contributed by atoms with Gasteiger partial charge in [0.1, 0.15) is 0 Å². The van der Waals surface area contributed by atoms with E-state index in [0.29, 0.717) is 11.4 Å². The van der Waals surface area contributed by atoms with Gasteiger partial charge in [0.2, 0.25) is 0 Å². The fourth-order valence-electron chi connectivity index (χ4n) is 2.54. The minimum atomic E-state index is -3.16. The van der Waals surface area contributed by atoms with Crippen LogP contribution in [-0.2, 0) is 9.84 Å². The van der Waals surface area contributed by atoms with Crippen LogP contribution in [0.5, 0.6) is 0 Å². The maximum absolute atomic E-state index is 11.5. The first-order chi connectivity index (χ1) is 9.95. The largest absolute Gasteiger partial charge is 0.392 e. The van der Waals surface area contributed by atoms with Crippen molar-refractivity contribution in [3.05, 3.63) is 29.8 Å². The molecule has 0 aromatic heterocycles. The highest BCUT2D eigenvalue weighted by atomic mass is 32.2. The first-order valence-corrected chi connectivity index (χ1v) is 9.56. The second-order valence-electron chi connectivity index (χ2n) is 7.12. The summed E-state index contributed by atoms with van der Waals surface area (Å²) >= 11 is 0.